The van der Waals surface area contributed by atoms with Crippen molar-refractivity contribution in [3.05, 3.63) is 101 Å². The highest BCUT2D eigenvalue weighted by atomic mass is 32.2. The first kappa shape index (κ1) is 23.1. The predicted octanol–water partition coefficient (Wildman–Crippen LogP) is 4.79. The maximum absolute atomic E-state index is 13.1. The van der Waals surface area contributed by atoms with Gasteiger partial charge in [0, 0.05) is 28.3 Å². The summed E-state index contributed by atoms with van der Waals surface area (Å²) < 4.78 is 24.8. The van der Waals surface area contributed by atoms with Gasteiger partial charge in [0.05, 0.1) is 19.9 Å². The monoisotopic (exact) mass is 477 g/mol. The van der Waals surface area contributed by atoms with E-state index in [1.54, 1.807) is 60.7 Å². The van der Waals surface area contributed by atoms with E-state index in [1.807, 2.05) is 0 Å². The second-order valence-corrected chi connectivity index (χ2v) is 8.14. The Balaban J connectivity index is 1.51. The highest BCUT2D eigenvalue weighted by molar-refractivity contribution is 7.99. The van der Waals surface area contributed by atoms with Crippen molar-refractivity contribution in [2.75, 3.05) is 19.5 Å². The Kier molecular flexibility index (Phi) is 6.93. The van der Waals surface area contributed by atoms with Crippen LogP contribution in [0.15, 0.2) is 93.6 Å². The molecule has 0 radical (unpaired) electrons. The molecule has 34 heavy (non-hydrogen) atoms. The zero-order chi connectivity index (χ0) is 24.1. The summed E-state index contributed by atoms with van der Waals surface area (Å²) >= 11 is 1.31. The van der Waals surface area contributed by atoms with Crippen molar-refractivity contribution < 1.29 is 18.7 Å². The van der Waals surface area contributed by atoms with E-state index in [-0.39, 0.29) is 17.3 Å². The number of halogens is 1. The van der Waals surface area contributed by atoms with E-state index in [9.17, 15) is 14.0 Å². The van der Waals surface area contributed by atoms with Gasteiger partial charge >= 0.3 is 0 Å². The van der Waals surface area contributed by atoms with Crippen LogP contribution in [0.1, 0.15) is 10.4 Å². The van der Waals surface area contributed by atoms with E-state index in [4.69, 9.17) is 9.47 Å². The van der Waals surface area contributed by atoms with Crippen LogP contribution < -0.4 is 20.3 Å². The number of hydrogen-bond donors (Lipinski definition) is 1. The average Bonchev–Trinajstić information content (AvgIpc) is 2.86. The third kappa shape index (κ3) is 5.26. The quantitative estimate of drug-likeness (QED) is 0.412. The van der Waals surface area contributed by atoms with Crippen LogP contribution in [0.25, 0.3) is 5.69 Å². The summed E-state index contributed by atoms with van der Waals surface area (Å²) in [5, 5.41) is 7.76. The molecule has 3 aromatic carbocycles. The Hall–Kier alpha value is -4.11. The fourth-order valence-corrected chi connectivity index (χ4v) is 3.90. The van der Waals surface area contributed by atoms with Gasteiger partial charge in [-0.1, -0.05) is 11.8 Å². The molecule has 1 aromatic heterocycles. The van der Waals surface area contributed by atoms with E-state index in [1.165, 1.54) is 48.9 Å². The maximum atomic E-state index is 13.1. The molecule has 7 nitrogen and oxygen atoms in total. The molecule has 1 amide bonds. The first-order chi connectivity index (χ1) is 16.5. The van der Waals surface area contributed by atoms with E-state index in [2.05, 4.69) is 10.4 Å². The molecule has 0 atom stereocenters. The van der Waals surface area contributed by atoms with Gasteiger partial charge in [0.25, 0.3) is 11.5 Å². The molecule has 0 unspecified atom stereocenters. The number of benzene rings is 3. The van der Waals surface area contributed by atoms with Crippen LogP contribution in [0.4, 0.5) is 10.1 Å². The molecule has 0 aliphatic rings. The lowest BCUT2D eigenvalue weighted by atomic mass is 10.2. The number of rotatable bonds is 7. The number of aromatic nitrogens is 2. The van der Waals surface area contributed by atoms with E-state index >= 15 is 0 Å². The number of carbonyl (C=O) groups is 1. The van der Waals surface area contributed by atoms with Gasteiger partial charge in [-0.05, 0) is 66.7 Å². The van der Waals surface area contributed by atoms with Crippen LogP contribution in [0, 0.1) is 5.82 Å². The van der Waals surface area contributed by atoms with Crippen LogP contribution in [0.2, 0.25) is 0 Å². The normalized spacial score (nSPS) is 10.6. The summed E-state index contributed by atoms with van der Waals surface area (Å²) in [5.41, 5.74) is 1.15. The van der Waals surface area contributed by atoms with Gasteiger partial charge in [-0.3, -0.25) is 9.59 Å². The number of nitrogens with one attached hydrogen (secondary N) is 1. The minimum atomic E-state index is -0.322. The first-order valence-electron chi connectivity index (χ1n) is 10.1. The molecule has 0 saturated carbocycles. The SMILES string of the molecule is COc1ccc(NC(=O)c2ccc(-n3nc(Sc4ccc(F)cc4)ccc3=O)cc2)cc1OC. The Morgan fingerprint density at radius 1 is 0.912 bits per heavy atom. The lowest BCUT2D eigenvalue weighted by Crippen LogP contribution is -2.20. The molecule has 9 heteroatoms. The summed E-state index contributed by atoms with van der Waals surface area (Å²) in [5.74, 6) is 0.416. The molecule has 0 aliphatic carbocycles. The van der Waals surface area contributed by atoms with Crippen LogP contribution in [-0.4, -0.2) is 29.9 Å². The minimum absolute atomic E-state index is 0.314. The van der Waals surface area contributed by atoms with Gasteiger partial charge in [0.2, 0.25) is 0 Å². The minimum Gasteiger partial charge on any atom is -0.493 e. The smallest absolute Gasteiger partial charge is 0.271 e. The Labute approximate surface area is 199 Å². The second-order valence-electron chi connectivity index (χ2n) is 7.05. The summed E-state index contributed by atoms with van der Waals surface area (Å²) in [7, 11) is 3.06. The lowest BCUT2D eigenvalue weighted by Gasteiger charge is -2.11. The molecule has 4 rings (SSSR count). The maximum Gasteiger partial charge on any atom is 0.271 e. The number of ether oxygens (including phenoxy) is 2. The van der Waals surface area contributed by atoms with E-state index < -0.39 is 0 Å². The van der Waals surface area contributed by atoms with Crippen LogP contribution in [0.5, 0.6) is 11.5 Å². The molecular formula is C25H20FN3O4S. The highest BCUT2D eigenvalue weighted by Crippen LogP contribution is 2.30. The third-order valence-electron chi connectivity index (χ3n) is 4.83. The number of amides is 1. The van der Waals surface area contributed by atoms with Crippen molar-refractivity contribution in [1.82, 2.24) is 9.78 Å². The van der Waals surface area contributed by atoms with Gasteiger partial charge in [-0.25, -0.2) is 4.39 Å². The van der Waals surface area contributed by atoms with Crippen LogP contribution in [-0.2, 0) is 0 Å². The second kappa shape index (κ2) is 10.2. The standard InChI is InChI=1S/C25H20FN3O4S/c1-32-21-12-7-18(15-22(21)33-2)27-25(31)16-3-8-19(9-4-16)29-24(30)14-13-23(28-29)34-20-10-5-17(26)6-11-20/h3-15H,1-2H3,(H,27,31). The topological polar surface area (TPSA) is 82.5 Å². The molecular weight excluding hydrogens is 457 g/mol. The summed E-state index contributed by atoms with van der Waals surface area (Å²) in [6.07, 6.45) is 0. The molecule has 1 heterocycles. The van der Waals surface area contributed by atoms with Gasteiger partial charge in [-0.15, -0.1) is 0 Å². The molecule has 1 N–H and O–H groups in total. The number of nitrogens with zero attached hydrogens (tertiary/aromatic N) is 2. The Morgan fingerprint density at radius 3 is 2.29 bits per heavy atom. The van der Waals surface area contributed by atoms with Crippen molar-refractivity contribution in [2.24, 2.45) is 0 Å². The summed E-state index contributed by atoms with van der Waals surface area (Å²) in [4.78, 5) is 25.8. The summed E-state index contributed by atoms with van der Waals surface area (Å²) in [6.45, 7) is 0. The third-order valence-corrected chi connectivity index (χ3v) is 5.76. The largest absolute Gasteiger partial charge is 0.493 e. The Morgan fingerprint density at radius 2 is 1.62 bits per heavy atom. The zero-order valence-electron chi connectivity index (χ0n) is 18.3. The molecule has 0 saturated heterocycles. The van der Waals surface area contributed by atoms with Crippen molar-refractivity contribution in [2.45, 2.75) is 9.92 Å². The van der Waals surface area contributed by atoms with Crippen molar-refractivity contribution >= 4 is 23.4 Å². The molecule has 0 fully saturated rings. The van der Waals surface area contributed by atoms with E-state index in [0.29, 0.717) is 33.5 Å². The van der Waals surface area contributed by atoms with Gasteiger partial charge in [-0.2, -0.15) is 9.78 Å². The predicted molar refractivity (Wildman–Crippen MR) is 128 cm³/mol. The van der Waals surface area contributed by atoms with Gasteiger partial charge in [0.15, 0.2) is 11.5 Å². The zero-order valence-corrected chi connectivity index (χ0v) is 19.1. The Bertz CT molecular complexity index is 1370. The molecule has 172 valence electrons. The van der Waals surface area contributed by atoms with Crippen molar-refractivity contribution in [3.63, 3.8) is 0 Å². The highest BCUT2D eigenvalue weighted by Gasteiger charge is 2.11. The van der Waals surface area contributed by atoms with Crippen molar-refractivity contribution in [3.8, 4) is 17.2 Å². The number of hydrogen-bond acceptors (Lipinski definition) is 6. The number of anilines is 1. The molecule has 0 spiro atoms. The van der Waals surface area contributed by atoms with Crippen LogP contribution in [0.3, 0.4) is 0 Å². The van der Waals surface area contributed by atoms with Crippen molar-refractivity contribution in [1.29, 1.82) is 0 Å². The molecule has 4 aromatic rings. The molecule has 0 bridgehead atoms. The average molecular weight is 478 g/mol. The lowest BCUT2D eigenvalue weighted by molar-refractivity contribution is 0.102. The van der Waals surface area contributed by atoms with Crippen LogP contribution >= 0.6 is 11.8 Å². The summed E-state index contributed by atoms with van der Waals surface area (Å²) in [6, 6.07) is 20.6. The van der Waals surface area contributed by atoms with Gasteiger partial charge in [0.1, 0.15) is 10.8 Å². The fraction of sp³-hybridized carbons (Fsp3) is 0.0800. The molecule has 0 aliphatic heterocycles. The van der Waals surface area contributed by atoms with E-state index in [0.717, 1.165) is 4.90 Å². The fourth-order valence-electron chi connectivity index (χ4n) is 3.13. The first-order valence-corrected chi connectivity index (χ1v) is 11.0. The van der Waals surface area contributed by atoms with Gasteiger partial charge < -0.3 is 14.8 Å². The number of carbonyl (C=O) groups excluding carboxylic acids is 1. The number of methoxy groups -OCH3 is 2.